The fraction of sp³-hybridized carbons (Fsp3) is 0.941. The lowest BCUT2D eigenvalue weighted by atomic mass is 9.56. The van der Waals surface area contributed by atoms with Gasteiger partial charge in [0.25, 0.3) is 0 Å². The van der Waals surface area contributed by atoms with Gasteiger partial charge in [-0.25, -0.2) is 4.79 Å². The number of carbonyl (C=O) groups is 1. The highest BCUT2D eigenvalue weighted by Crippen LogP contribution is 2.53. The molecule has 0 aliphatic rings. The monoisotopic (exact) mass is 318 g/mol. The summed E-state index contributed by atoms with van der Waals surface area (Å²) in [6.45, 7) is 17.7. The fourth-order valence-corrected chi connectivity index (χ4v) is 3.78. The fourth-order valence-electron chi connectivity index (χ4n) is 3.78. The van der Waals surface area contributed by atoms with Gasteiger partial charge in [0.1, 0.15) is 6.61 Å². The van der Waals surface area contributed by atoms with Gasteiger partial charge in [-0.3, -0.25) is 0 Å². The molecule has 0 heterocycles. The van der Waals surface area contributed by atoms with Gasteiger partial charge in [0.05, 0.1) is 11.2 Å². The summed E-state index contributed by atoms with van der Waals surface area (Å²) in [7, 11) is 0. The van der Waals surface area contributed by atoms with E-state index in [2.05, 4.69) is 0 Å². The predicted octanol–water partition coefficient (Wildman–Crippen LogP) is 3.51. The van der Waals surface area contributed by atoms with Crippen molar-refractivity contribution in [2.75, 3.05) is 6.61 Å². The van der Waals surface area contributed by atoms with E-state index in [4.69, 9.17) is 9.47 Å². The molecular weight excluding hydrogens is 284 g/mol. The van der Waals surface area contributed by atoms with Gasteiger partial charge in [0.2, 0.25) is 0 Å². The van der Waals surface area contributed by atoms with Crippen LogP contribution in [0.4, 0.5) is 4.79 Å². The molecule has 0 amide bonds. The van der Waals surface area contributed by atoms with E-state index >= 15 is 0 Å². The predicted molar refractivity (Wildman–Crippen MR) is 86.7 cm³/mol. The SMILES string of the molecule is CC(C)(O)COC(=O)OC(C(C)(C)C)(C(C)(C)C)C(C)(C)O. The summed E-state index contributed by atoms with van der Waals surface area (Å²) >= 11 is 0. The van der Waals surface area contributed by atoms with Crippen molar-refractivity contribution in [2.24, 2.45) is 10.8 Å². The molecule has 0 unspecified atom stereocenters. The molecule has 5 nitrogen and oxygen atoms in total. The van der Waals surface area contributed by atoms with Crippen molar-refractivity contribution in [3.63, 3.8) is 0 Å². The van der Waals surface area contributed by atoms with Crippen LogP contribution in [-0.4, -0.2) is 39.8 Å². The Balaban J connectivity index is 5.68. The molecule has 0 radical (unpaired) electrons. The van der Waals surface area contributed by atoms with Crippen LogP contribution in [0.15, 0.2) is 0 Å². The number of hydrogen-bond acceptors (Lipinski definition) is 5. The third-order valence-corrected chi connectivity index (χ3v) is 3.75. The molecule has 0 fully saturated rings. The first-order valence-electron chi connectivity index (χ1n) is 7.66. The summed E-state index contributed by atoms with van der Waals surface area (Å²) in [4.78, 5) is 12.2. The Kier molecular flexibility index (Phi) is 5.78. The largest absolute Gasteiger partial charge is 0.509 e. The normalized spacial score (nSPS) is 14.7. The van der Waals surface area contributed by atoms with E-state index < -0.39 is 33.8 Å². The van der Waals surface area contributed by atoms with Crippen molar-refractivity contribution in [1.82, 2.24) is 0 Å². The van der Waals surface area contributed by atoms with Crippen molar-refractivity contribution in [3.05, 3.63) is 0 Å². The maximum atomic E-state index is 12.2. The number of rotatable bonds is 4. The van der Waals surface area contributed by atoms with Crippen molar-refractivity contribution < 1.29 is 24.5 Å². The van der Waals surface area contributed by atoms with Gasteiger partial charge in [0.15, 0.2) is 5.60 Å². The minimum absolute atomic E-state index is 0.179. The number of ether oxygens (including phenoxy) is 2. The van der Waals surface area contributed by atoms with Gasteiger partial charge >= 0.3 is 6.16 Å². The lowest BCUT2D eigenvalue weighted by Crippen LogP contribution is -2.68. The molecule has 0 rings (SSSR count). The van der Waals surface area contributed by atoms with E-state index in [0.29, 0.717) is 0 Å². The first-order chi connectivity index (χ1) is 9.35. The van der Waals surface area contributed by atoms with Crippen molar-refractivity contribution in [3.8, 4) is 0 Å². The third-order valence-electron chi connectivity index (χ3n) is 3.75. The Morgan fingerprint density at radius 3 is 1.41 bits per heavy atom. The second kappa shape index (κ2) is 6.00. The molecule has 22 heavy (non-hydrogen) atoms. The van der Waals surface area contributed by atoms with Crippen LogP contribution in [-0.2, 0) is 9.47 Å². The molecule has 5 heteroatoms. The van der Waals surface area contributed by atoms with Crippen LogP contribution in [0.3, 0.4) is 0 Å². The van der Waals surface area contributed by atoms with Crippen LogP contribution in [0.2, 0.25) is 0 Å². The Morgan fingerprint density at radius 1 is 0.818 bits per heavy atom. The van der Waals surface area contributed by atoms with E-state index in [-0.39, 0.29) is 6.61 Å². The van der Waals surface area contributed by atoms with Crippen molar-refractivity contribution in [1.29, 1.82) is 0 Å². The van der Waals surface area contributed by atoms with Crippen LogP contribution in [0, 0.1) is 10.8 Å². The lowest BCUT2D eigenvalue weighted by Gasteiger charge is -2.57. The molecule has 132 valence electrons. The van der Waals surface area contributed by atoms with E-state index in [9.17, 15) is 15.0 Å². The van der Waals surface area contributed by atoms with Crippen LogP contribution in [0.5, 0.6) is 0 Å². The third kappa shape index (κ3) is 4.59. The molecule has 0 atom stereocenters. The number of aliphatic hydroxyl groups is 2. The average molecular weight is 318 g/mol. The van der Waals surface area contributed by atoms with Crippen molar-refractivity contribution >= 4 is 6.16 Å². The van der Waals surface area contributed by atoms with Crippen LogP contribution < -0.4 is 0 Å². The van der Waals surface area contributed by atoms with E-state index in [0.717, 1.165) is 0 Å². The highest BCUT2D eigenvalue weighted by atomic mass is 16.7. The molecule has 2 N–H and O–H groups in total. The highest BCUT2D eigenvalue weighted by Gasteiger charge is 2.63. The molecule has 0 aliphatic heterocycles. The summed E-state index contributed by atoms with van der Waals surface area (Å²) in [6.07, 6.45) is -0.894. The molecule has 0 aromatic heterocycles. The van der Waals surface area contributed by atoms with E-state index in [1.165, 1.54) is 13.8 Å². The molecule has 0 aliphatic carbocycles. The maximum Gasteiger partial charge on any atom is 0.509 e. The molecular formula is C17H34O5. The molecule has 0 aromatic rings. The summed E-state index contributed by atoms with van der Waals surface area (Å²) in [5.41, 5.74) is -4.71. The summed E-state index contributed by atoms with van der Waals surface area (Å²) in [5, 5.41) is 20.5. The summed E-state index contributed by atoms with van der Waals surface area (Å²) in [5.74, 6) is 0. The minimum Gasteiger partial charge on any atom is -0.431 e. The van der Waals surface area contributed by atoms with Gasteiger partial charge in [-0.05, 0) is 27.7 Å². The Hall–Kier alpha value is -0.810. The van der Waals surface area contributed by atoms with E-state index in [1.54, 1.807) is 13.8 Å². The van der Waals surface area contributed by atoms with Crippen LogP contribution in [0.25, 0.3) is 0 Å². The van der Waals surface area contributed by atoms with Gasteiger partial charge in [0, 0.05) is 10.8 Å². The van der Waals surface area contributed by atoms with Gasteiger partial charge in [-0.15, -0.1) is 0 Å². The number of hydrogen-bond donors (Lipinski definition) is 2. The molecule has 0 aromatic carbocycles. The number of carbonyl (C=O) groups excluding carboxylic acids is 1. The average Bonchev–Trinajstić information content (AvgIpc) is 2.16. The standard InChI is InChI=1S/C17H34O5/c1-13(2,3)17(14(4,5)6,16(9,10)20)22-12(18)21-11-15(7,8)19/h19-20H,11H2,1-10H3. The Morgan fingerprint density at radius 2 is 1.18 bits per heavy atom. The minimum atomic E-state index is -1.29. The molecule has 0 saturated heterocycles. The zero-order valence-corrected chi connectivity index (χ0v) is 15.8. The summed E-state index contributed by atoms with van der Waals surface area (Å²) in [6, 6.07) is 0. The highest BCUT2D eigenvalue weighted by molar-refractivity contribution is 5.61. The van der Waals surface area contributed by atoms with Gasteiger partial charge in [-0.1, -0.05) is 41.5 Å². The van der Waals surface area contributed by atoms with Crippen LogP contribution >= 0.6 is 0 Å². The topological polar surface area (TPSA) is 76.0 Å². The second-order valence-corrected chi connectivity index (χ2v) is 9.19. The van der Waals surface area contributed by atoms with Gasteiger partial charge in [-0.2, -0.15) is 0 Å². The second-order valence-electron chi connectivity index (χ2n) is 9.19. The maximum absolute atomic E-state index is 12.2. The zero-order chi connectivity index (χ0) is 18.2. The molecule has 0 saturated carbocycles. The zero-order valence-electron chi connectivity index (χ0n) is 15.8. The molecule has 0 spiro atoms. The quantitative estimate of drug-likeness (QED) is 0.776. The smallest absolute Gasteiger partial charge is 0.431 e. The summed E-state index contributed by atoms with van der Waals surface area (Å²) < 4.78 is 10.7. The lowest BCUT2D eigenvalue weighted by molar-refractivity contribution is -0.247. The van der Waals surface area contributed by atoms with Gasteiger partial charge < -0.3 is 19.7 Å². The first kappa shape index (κ1) is 21.2. The van der Waals surface area contributed by atoms with Crippen LogP contribution in [0.1, 0.15) is 69.2 Å². The molecule has 0 bridgehead atoms. The van der Waals surface area contributed by atoms with Crippen molar-refractivity contribution in [2.45, 2.75) is 86.0 Å². The van der Waals surface area contributed by atoms with E-state index in [1.807, 2.05) is 41.5 Å². The first-order valence-corrected chi connectivity index (χ1v) is 7.66. The Bertz CT molecular complexity index is 349. The Labute approximate surface area is 135 Å².